The van der Waals surface area contributed by atoms with E-state index in [1.54, 1.807) is 0 Å². The summed E-state index contributed by atoms with van der Waals surface area (Å²) in [4.78, 5) is 11.8. The van der Waals surface area contributed by atoms with Crippen LogP contribution in [-0.2, 0) is 0 Å². The summed E-state index contributed by atoms with van der Waals surface area (Å²) < 4.78 is 2.07. The Labute approximate surface area is 101 Å². The topological polar surface area (TPSA) is 48.0 Å². The first-order valence-electron chi connectivity index (χ1n) is 5.62. The molecule has 0 saturated carbocycles. The van der Waals surface area contributed by atoms with Gasteiger partial charge >= 0.3 is 0 Å². The summed E-state index contributed by atoms with van der Waals surface area (Å²) in [7, 11) is 0. The number of aromatic nitrogens is 1. The largest absolute Gasteiger partial charge is 0.324 e. The predicted octanol–water partition coefficient (Wildman–Crippen LogP) is 2.24. The minimum absolute atomic E-state index is 0.0342. The lowest BCUT2D eigenvalue weighted by Gasteiger charge is -2.13. The lowest BCUT2D eigenvalue weighted by Crippen LogP contribution is -2.16. The van der Waals surface area contributed by atoms with Gasteiger partial charge in [0, 0.05) is 17.0 Å². The molecule has 2 rings (SSSR count). The molecule has 1 heterocycles. The van der Waals surface area contributed by atoms with Crippen LogP contribution in [0.1, 0.15) is 21.7 Å². The van der Waals surface area contributed by atoms with E-state index in [-0.39, 0.29) is 12.3 Å². The second kappa shape index (κ2) is 4.55. The zero-order chi connectivity index (χ0) is 12.4. The van der Waals surface area contributed by atoms with E-state index in [1.165, 1.54) is 0 Å². The Morgan fingerprint density at radius 1 is 1.12 bits per heavy atom. The molecule has 3 nitrogen and oxygen atoms in total. The molecule has 0 unspecified atom stereocenters. The van der Waals surface area contributed by atoms with Crippen molar-refractivity contribution in [2.24, 2.45) is 5.73 Å². The first kappa shape index (κ1) is 11.6. The highest BCUT2D eigenvalue weighted by Gasteiger charge is 2.12. The van der Waals surface area contributed by atoms with E-state index in [0.717, 1.165) is 17.1 Å². The lowest BCUT2D eigenvalue weighted by molar-refractivity contribution is 0.100. The first-order valence-corrected chi connectivity index (χ1v) is 5.62. The molecule has 0 spiro atoms. The fourth-order valence-corrected chi connectivity index (χ4v) is 2.06. The fourth-order valence-electron chi connectivity index (χ4n) is 2.06. The van der Waals surface area contributed by atoms with Crippen LogP contribution in [0.5, 0.6) is 0 Å². The summed E-state index contributed by atoms with van der Waals surface area (Å²) in [5.41, 5.74) is 9.25. The number of Topliss-reactive ketones (excluding diaryl/α,β-unsaturated/α-hetero) is 1. The number of hydrogen-bond acceptors (Lipinski definition) is 2. The van der Waals surface area contributed by atoms with Crippen LogP contribution in [0.4, 0.5) is 0 Å². The molecule has 0 atom stereocenters. The normalized spacial score (nSPS) is 10.5. The van der Waals surface area contributed by atoms with Gasteiger partial charge in [0.2, 0.25) is 0 Å². The highest BCUT2D eigenvalue weighted by molar-refractivity contribution is 6.00. The second-order valence-corrected chi connectivity index (χ2v) is 4.10. The van der Waals surface area contributed by atoms with E-state index < -0.39 is 0 Å². The summed E-state index contributed by atoms with van der Waals surface area (Å²) in [6, 6.07) is 11.6. The van der Waals surface area contributed by atoms with Crippen LogP contribution in [0.25, 0.3) is 5.69 Å². The predicted molar refractivity (Wildman–Crippen MR) is 68.6 cm³/mol. The molecule has 0 fully saturated rings. The summed E-state index contributed by atoms with van der Waals surface area (Å²) >= 11 is 0. The van der Waals surface area contributed by atoms with Crippen molar-refractivity contribution in [3.05, 3.63) is 53.3 Å². The van der Waals surface area contributed by atoms with Gasteiger partial charge in [-0.25, -0.2) is 0 Å². The van der Waals surface area contributed by atoms with E-state index in [2.05, 4.69) is 4.57 Å². The Morgan fingerprint density at radius 3 is 2.29 bits per heavy atom. The third-order valence-electron chi connectivity index (χ3n) is 2.90. The molecule has 0 radical (unpaired) electrons. The Hall–Kier alpha value is -1.87. The molecule has 0 aliphatic carbocycles. The van der Waals surface area contributed by atoms with Crippen molar-refractivity contribution in [1.29, 1.82) is 0 Å². The van der Waals surface area contributed by atoms with Gasteiger partial charge in [-0.3, -0.25) is 4.79 Å². The monoisotopic (exact) mass is 228 g/mol. The zero-order valence-electron chi connectivity index (χ0n) is 10.1. The van der Waals surface area contributed by atoms with Crippen molar-refractivity contribution < 1.29 is 4.79 Å². The van der Waals surface area contributed by atoms with E-state index in [4.69, 9.17) is 5.73 Å². The molecule has 0 aliphatic heterocycles. The van der Waals surface area contributed by atoms with Gasteiger partial charge in [0.25, 0.3) is 0 Å². The number of para-hydroxylation sites is 1. The SMILES string of the molecule is Cc1ccc(C)n1-c1ccccc1C(=O)CN. The number of hydrogen-bond donors (Lipinski definition) is 1. The van der Waals surface area contributed by atoms with Gasteiger partial charge in [0.15, 0.2) is 5.78 Å². The fraction of sp³-hybridized carbons (Fsp3) is 0.214. The quantitative estimate of drug-likeness (QED) is 0.819. The van der Waals surface area contributed by atoms with Crippen molar-refractivity contribution in [3.63, 3.8) is 0 Å². The van der Waals surface area contributed by atoms with Crippen molar-refractivity contribution in [2.45, 2.75) is 13.8 Å². The molecule has 1 aromatic heterocycles. The van der Waals surface area contributed by atoms with Crippen LogP contribution < -0.4 is 5.73 Å². The molecular weight excluding hydrogens is 212 g/mol. The number of ketones is 1. The van der Waals surface area contributed by atoms with Crippen LogP contribution >= 0.6 is 0 Å². The highest BCUT2D eigenvalue weighted by atomic mass is 16.1. The number of carbonyl (C=O) groups excluding carboxylic acids is 1. The highest BCUT2D eigenvalue weighted by Crippen LogP contribution is 2.20. The molecule has 0 amide bonds. The van der Waals surface area contributed by atoms with E-state index in [0.29, 0.717) is 5.56 Å². The Kier molecular flexibility index (Phi) is 3.11. The van der Waals surface area contributed by atoms with Crippen molar-refractivity contribution in [1.82, 2.24) is 4.57 Å². The third kappa shape index (κ3) is 2.01. The minimum atomic E-state index is -0.0342. The Bertz CT molecular complexity index is 536. The van der Waals surface area contributed by atoms with Gasteiger partial charge in [-0.1, -0.05) is 12.1 Å². The van der Waals surface area contributed by atoms with Crippen LogP contribution in [0.15, 0.2) is 36.4 Å². The average Bonchev–Trinajstić information content (AvgIpc) is 2.68. The number of benzene rings is 1. The Morgan fingerprint density at radius 2 is 1.71 bits per heavy atom. The maximum atomic E-state index is 11.8. The van der Waals surface area contributed by atoms with Gasteiger partial charge in [-0.2, -0.15) is 0 Å². The van der Waals surface area contributed by atoms with Crippen molar-refractivity contribution >= 4 is 5.78 Å². The van der Waals surface area contributed by atoms with Gasteiger partial charge in [0.05, 0.1) is 12.2 Å². The number of aryl methyl sites for hydroxylation is 2. The summed E-state index contributed by atoms with van der Waals surface area (Å²) in [5.74, 6) is -0.0342. The number of nitrogens with zero attached hydrogens (tertiary/aromatic N) is 1. The molecular formula is C14H16N2O. The summed E-state index contributed by atoms with van der Waals surface area (Å²) in [6.45, 7) is 4.09. The molecule has 0 saturated heterocycles. The summed E-state index contributed by atoms with van der Waals surface area (Å²) in [6.07, 6.45) is 0. The van der Waals surface area contributed by atoms with Gasteiger partial charge in [0.1, 0.15) is 0 Å². The Balaban J connectivity index is 2.64. The maximum Gasteiger partial charge on any atom is 0.178 e. The lowest BCUT2D eigenvalue weighted by atomic mass is 10.1. The van der Waals surface area contributed by atoms with Crippen LogP contribution in [0, 0.1) is 13.8 Å². The zero-order valence-corrected chi connectivity index (χ0v) is 10.1. The molecule has 17 heavy (non-hydrogen) atoms. The van der Waals surface area contributed by atoms with Crippen molar-refractivity contribution in [3.8, 4) is 5.69 Å². The maximum absolute atomic E-state index is 11.8. The molecule has 0 aliphatic rings. The number of nitrogens with two attached hydrogens (primary N) is 1. The van der Waals surface area contributed by atoms with E-state index >= 15 is 0 Å². The van der Waals surface area contributed by atoms with E-state index in [9.17, 15) is 4.79 Å². The molecule has 3 heteroatoms. The smallest absolute Gasteiger partial charge is 0.178 e. The molecule has 1 aromatic carbocycles. The standard InChI is InChI=1S/C14H16N2O/c1-10-7-8-11(2)16(10)13-6-4-3-5-12(13)14(17)9-15/h3-8H,9,15H2,1-2H3. The number of carbonyl (C=O) groups is 1. The van der Waals surface area contributed by atoms with Crippen LogP contribution in [0.3, 0.4) is 0 Å². The second-order valence-electron chi connectivity index (χ2n) is 4.10. The van der Waals surface area contributed by atoms with E-state index in [1.807, 2.05) is 50.2 Å². The van der Waals surface area contributed by atoms with Gasteiger partial charge < -0.3 is 10.3 Å². The van der Waals surface area contributed by atoms with Gasteiger partial charge in [-0.05, 0) is 38.1 Å². The minimum Gasteiger partial charge on any atom is -0.324 e. The summed E-state index contributed by atoms with van der Waals surface area (Å²) in [5, 5.41) is 0. The molecule has 2 N–H and O–H groups in total. The number of rotatable bonds is 3. The van der Waals surface area contributed by atoms with Crippen LogP contribution in [0.2, 0.25) is 0 Å². The van der Waals surface area contributed by atoms with Gasteiger partial charge in [-0.15, -0.1) is 0 Å². The molecule has 88 valence electrons. The first-order chi connectivity index (χ1) is 8.15. The third-order valence-corrected chi connectivity index (χ3v) is 2.90. The average molecular weight is 228 g/mol. The molecule has 2 aromatic rings. The molecule has 0 bridgehead atoms. The van der Waals surface area contributed by atoms with Crippen molar-refractivity contribution in [2.75, 3.05) is 6.54 Å². The van der Waals surface area contributed by atoms with Crippen LogP contribution in [-0.4, -0.2) is 16.9 Å².